The molecule has 0 aliphatic carbocycles. The molecular formula is C51H32N4S2. The number of hydrogen-bond acceptors (Lipinski definition) is 5. The molecule has 57 heavy (non-hydrogen) atoms. The van der Waals surface area contributed by atoms with Gasteiger partial charge in [0.25, 0.3) is 0 Å². The van der Waals surface area contributed by atoms with E-state index in [0.29, 0.717) is 0 Å². The van der Waals surface area contributed by atoms with Gasteiger partial charge in [0.05, 0.1) is 11.0 Å². The molecule has 12 rings (SSSR count). The van der Waals surface area contributed by atoms with Gasteiger partial charge in [-0.25, -0.2) is 9.98 Å². The summed E-state index contributed by atoms with van der Waals surface area (Å²) < 4.78 is 7.34. The summed E-state index contributed by atoms with van der Waals surface area (Å²) in [4.78, 5) is 11.0. The highest BCUT2D eigenvalue weighted by Crippen LogP contribution is 2.43. The fourth-order valence-corrected chi connectivity index (χ4v) is 11.0. The standard InChI is InChI=1S/C51H32N4S2/c1-3-14-31(15-4-1)33-26-27-45-39(28-33)40-29-34(55-42-22-10-7-18-35(42)36-19-8-11-23-43(36)55)30-41(48(40)57-45)51-53-49(32-16-5-2-6-17-32)52-50(54-51)38-21-13-25-46-47(38)37-20-9-12-24-44(37)56-46/h1-30,49H,(H,52,53,54). The summed E-state index contributed by atoms with van der Waals surface area (Å²) in [5, 5.41) is 11.1. The molecule has 3 aromatic heterocycles. The predicted octanol–water partition coefficient (Wildman–Crippen LogP) is 13.7. The topological polar surface area (TPSA) is 41.7 Å². The second-order valence-corrected chi connectivity index (χ2v) is 16.7. The van der Waals surface area contributed by atoms with E-state index < -0.39 is 0 Å². The Morgan fingerprint density at radius 2 is 1.14 bits per heavy atom. The number of hydrogen-bond donors (Lipinski definition) is 1. The Balaban J connectivity index is 1.16. The first-order chi connectivity index (χ1) is 28.2. The number of aliphatic imine (C=N–C) groups is 2. The quantitative estimate of drug-likeness (QED) is 0.186. The van der Waals surface area contributed by atoms with Crippen LogP contribution in [-0.2, 0) is 0 Å². The normalized spacial score (nSPS) is 14.5. The molecule has 0 saturated carbocycles. The lowest BCUT2D eigenvalue weighted by Crippen LogP contribution is -2.33. The molecule has 8 aromatic carbocycles. The van der Waals surface area contributed by atoms with Crippen molar-refractivity contribution in [3.8, 4) is 16.8 Å². The molecule has 4 heterocycles. The van der Waals surface area contributed by atoms with Crippen LogP contribution in [0, 0.1) is 0 Å². The number of nitrogens with one attached hydrogen (secondary N) is 1. The molecule has 0 radical (unpaired) electrons. The average Bonchev–Trinajstić information content (AvgIpc) is 3.96. The highest BCUT2D eigenvalue weighted by atomic mass is 32.1. The van der Waals surface area contributed by atoms with E-state index in [1.54, 1.807) is 0 Å². The second kappa shape index (κ2) is 12.8. The lowest BCUT2D eigenvalue weighted by molar-refractivity contribution is 0.675. The Hall–Kier alpha value is -6.86. The molecule has 0 amide bonds. The van der Waals surface area contributed by atoms with Crippen molar-refractivity contribution in [3.63, 3.8) is 0 Å². The van der Waals surface area contributed by atoms with Crippen LogP contribution in [0.3, 0.4) is 0 Å². The third kappa shape index (κ3) is 5.18. The minimum atomic E-state index is -0.333. The zero-order valence-corrected chi connectivity index (χ0v) is 32.2. The number of benzene rings is 8. The van der Waals surface area contributed by atoms with Gasteiger partial charge in [-0.05, 0) is 65.2 Å². The van der Waals surface area contributed by atoms with Crippen molar-refractivity contribution in [2.75, 3.05) is 0 Å². The van der Waals surface area contributed by atoms with Crippen LogP contribution in [-0.4, -0.2) is 16.2 Å². The van der Waals surface area contributed by atoms with Gasteiger partial charge < -0.3 is 9.88 Å². The number of fused-ring (bicyclic) bond motifs is 9. The number of nitrogens with zero attached hydrogens (tertiary/aromatic N) is 3. The van der Waals surface area contributed by atoms with Gasteiger partial charge in [-0.2, -0.15) is 0 Å². The van der Waals surface area contributed by atoms with Crippen LogP contribution in [0.2, 0.25) is 0 Å². The summed E-state index contributed by atoms with van der Waals surface area (Å²) in [5.41, 5.74) is 9.02. The number of rotatable bonds is 5. The van der Waals surface area contributed by atoms with Crippen LogP contribution >= 0.6 is 22.7 Å². The van der Waals surface area contributed by atoms with Crippen molar-refractivity contribution in [1.82, 2.24) is 9.88 Å². The van der Waals surface area contributed by atoms with Gasteiger partial charge in [-0.1, -0.05) is 133 Å². The molecule has 1 aliphatic heterocycles. The summed E-state index contributed by atoms with van der Waals surface area (Å²) in [5.74, 6) is 1.54. The van der Waals surface area contributed by atoms with E-state index in [0.717, 1.165) is 34.0 Å². The first kappa shape index (κ1) is 32.4. The van der Waals surface area contributed by atoms with Crippen molar-refractivity contribution in [3.05, 3.63) is 199 Å². The lowest BCUT2D eigenvalue weighted by atomic mass is 10.0. The molecule has 1 aliphatic rings. The lowest BCUT2D eigenvalue weighted by Gasteiger charge is -2.24. The molecule has 4 nitrogen and oxygen atoms in total. The highest BCUT2D eigenvalue weighted by molar-refractivity contribution is 7.26. The third-order valence-electron chi connectivity index (χ3n) is 11.3. The molecule has 268 valence electrons. The SMILES string of the molecule is c1ccc(-c2ccc3sc4c(C5=NC(c6ccccc6)NC(c6cccc7sc8ccccc8c67)=N5)cc(-n5c6ccccc6c6ccccc65)cc4c3c2)cc1. The summed E-state index contributed by atoms with van der Waals surface area (Å²) in [6.45, 7) is 0. The minimum Gasteiger partial charge on any atom is -0.344 e. The maximum atomic E-state index is 5.52. The number of amidine groups is 2. The summed E-state index contributed by atoms with van der Waals surface area (Å²) in [6, 6.07) is 65.5. The van der Waals surface area contributed by atoms with E-state index in [9.17, 15) is 0 Å². The van der Waals surface area contributed by atoms with Crippen molar-refractivity contribution in [2.24, 2.45) is 9.98 Å². The van der Waals surface area contributed by atoms with Crippen LogP contribution in [0.15, 0.2) is 192 Å². The maximum Gasteiger partial charge on any atom is 0.160 e. The zero-order valence-electron chi connectivity index (χ0n) is 30.6. The van der Waals surface area contributed by atoms with Gasteiger partial charge in [0.2, 0.25) is 0 Å². The smallest absolute Gasteiger partial charge is 0.160 e. The van der Waals surface area contributed by atoms with E-state index in [1.165, 1.54) is 73.3 Å². The van der Waals surface area contributed by atoms with Crippen LogP contribution in [0.4, 0.5) is 0 Å². The van der Waals surface area contributed by atoms with Gasteiger partial charge in [0, 0.05) is 67.9 Å². The molecule has 0 saturated heterocycles. The van der Waals surface area contributed by atoms with Crippen molar-refractivity contribution < 1.29 is 0 Å². The first-order valence-corrected chi connectivity index (χ1v) is 20.8. The minimum absolute atomic E-state index is 0.333. The molecule has 1 N–H and O–H groups in total. The molecule has 1 unspecified atom stereocenters. The second-order valence-electron chi connectivity index (χ2n) is 14.6. The van der Waals surface area contributed by atoms with Crippen LogP contribution in [0.5, 0.6) is 0 Å². The van der Waals surface area contributed by atoms with E-state index in [1.807, 2.05) is 22.7 Å². The van der Waals surface area contributed by atoms with Gasteiger partial charge in [0.1, 0.15) is 12.0 Å². The molecule has 0 spiro atoms. The molecule has 0 fully saturated rings. The summed E-state index contributed by atoms with van der Waals surface area (Å²) >= 11 is 3.65. The Kier molecular flexibility index (Phi) is 7.30. The maximum absolute atomic E-state index is 5.52. The van der Waals surface area contributed by atoms with E-state index in [-0.39, 0.29) is 6.17 Å². The van der Waals surface area contributed by atoms with Gasteiger partial charge in [0.15, 0.2) is 5.84 Å². The fraction of sp³-hybridized carbons (Fsp3) is 0.0196. The molecular weight excluding hydrogens is 733 g/mol. The number of para-hydroxylation sites is 2. The number of thiophene rings is 2. The third-order valence-corrected chi connectivity index (χ3v) is 13.6. The van der Waals surface area contributed by atoms with Gasteiger partial charge >= 0.3 is 0 Å². The Bertz CT molecular complexity index is 3390. The largest absolute Gasteiger partial charge is 0.344 e. The van der Waals surface area contributed by atoms with Crippen molar-refractivity contribution in [1.29, 1.82) is 0 Å². The molecule has 1 atom stereocenters. The van der Waals surface area contributed by atoms with Gasteiger partial charge in [-0.3, -0.25) is 0 Å². The summed E-state index contributed by atoms with van der Waals surface area (Å²) in [7, 11) is 0. The fourth-order valence-electron chi connectivity index (χ4n) is 8.65. The molecule has 6 heteroatoms. The molecule has 11 aromatic rings. The van der Waals surface area contributed by atoms with E-state index in [2.05, 4.69) is 192 Å². The summed E-state index contributed by atoms with van der Waals surface area (Å²) in [6.07, 6.45) is -0.333. The first-order valence-electron chi connectivity index (χ1n) is 19.2. The van der Waals surface area contributed by atoms with Gasteiger partial charge in [-0.15, -0.1) is 22.7 Å². The van der Waals surface area contributed by atoms with Crippen LogP contribution in [0.25, 0.3) is 79.0 Å². The van der Waals surface area contributed by atoms with Crippen molar-refractivity contribution in [2.45, 2.75) is 6.17 Å². The number of aromatic nitrogens is 1. The average molecular weight is 765 g/mol. The molecule has 0 bridgehead atoms. The van der Waals surface area contributed by atoms with E-state index in [4.69, 9.17) is 9.98 Å². The highest BCUT2D eigenvalue weighted by Gasteiger charge is 2.26. The van der Waals surface area contributed by atoms with Crippen LogP contribution < -0.4 is 5.32 Å². The van der Waals surface area contributed by atoms with Crippen molar-refractivity contribution >= 4 is 96.5 Å². The Labute approximate surface area is 336 Å². The van der Waals surface area contributed by atoms with E-state index >= 15 is 0 Å². The van der Waals surface area contributed by atoms with Crippen LogP contribution in [0.1, 0.15) is 22.9 Å². The Morgan fingerprint density at radius 3 is 1.93 bits per heavy atom. The predicted molar refractivity (Wildman–Crippen MR) is 244 cm³/mol. The Morgan fingerprint density at radius 1 is 0.474 bits per heavy atom. The zero-order chi connectivity index (χ0) is 37.5. The monoisotopic (exact) mass is 764 g/mol.